The number of amides is 1. The zero-order valence-corrected chi connectivity index (χ0v) is 13.1. The fraction of sp³-hybridized carbons (Fsp3) is 0.857. The lowest BCUT2D eigenvalue weighted by Gasteiger charge is -2.41. The van der Waals surface area contributed by atoms with Crippen molar-refractivity contribution in [3.8, 4) is 0 Å². The molecule has 0 saturated carbocycles. The van der Waals surface area contributed by atoms with Gasteiger partial charge in [-0.1, -0.05) is 20.8 Å². The topological polar surface area (TPSA) is 66.8 Å². The molecule has 0 aromatic rings. The Hall–Kier alpha value is -1.26. The molecule has 0 bridgehead atoms. The molecule has 19 heavy (non-hydrogen) atoms. The van der Waals surface area contributed by atoms with E-state index in [1.54, 1.807) is 41.5 Å². The molecule has 0 heterocycles. The number of carboxylic acids is 1. The van der Waals surface area contributed by atoms with E-state index in [1.165, 1.54) is 4.90 Å². The molecule has 0 aromatic carbocycles. The van der Waals surface area contributed by atoms with E-state index in [-0.39, 0.29) is 5.92 Å². The van der Waals surface area contributed by atoms with Crippen LogP contribution in [0.5, 0.6) is 0 Å². The fourth-order valence-corrected chi connectivity index (χ4v) is 1.73. The van der Waals surface area contributed by atoms with Gasteiger partial charge in [0.15, 0.2) is 0 Å². The van der Waals surface area contributed by atoms with Crippen LogP contribution in [0.15, 0.2) is 0 Å². The average Bonchev–Trinajstić information content (AvgIpc) is 2.21. The van der Waals surface area contributed by atoms with E-state index in [1.807, 2.05) is 6.92 Å². The summed E-state index contributed by atoms with van der Waals surface area (Å²) in [6.07, 6.45) is 0.0995. The molecule has 5 heteroatoms. The lowest BCUT2D eigenvalue weighted by molar-refractivity contribution is -0.153. The van der Waals surface area contributed by atoms with Crippen molar-refractivity contribution in [3.63, 3.8) is 0 Å². The predicted octanol–water partition coefficient (Wildman–Crippen LogP) is 3.13. The quantitative estimate of drug-likeness (QED) is 0.835. The summed E-state index contributed by atoms with van der Waals surface area (Å²) < 4.78 is 5.32. The van der Waals surface area contributed by atoms with E-state index in [0.717, 1.165) is 0 Å². The van der Waals surface area contributed by atoms with Gasteiger partial charge < -0.3 is 9.84 Å². The highest BCUT2D eigenvalue weighted by molar-refractivity contribution is 5.84. The van der Waals surface area contributed by atoms with E-state index < -0.39 is 23.2 Å². The average molecular weight is 273 g/mol. The van der Waals surface area contributed by atoms with Crippen LogP contribution in [0, 0.1) is 5.92 Å². The van der Waals surface area contributed by atoms with Crippen molar-refractivity contribution in [2.45, 2.75) is 66.0 Å². The Balaban J connectivity index is 5.39. The van der Waals surface area contributed by atoms with Crippen molar-refractivity contribution in [2.75, 3.05) is 6.54 Å². The molecule has 1 atom stereocenters. The third-order valence-corrected chi connectivity index (χ3v) is 3.18. The molecule has 0 saturated heterocycles. The molecular weight excluding hydrogens is 246 g/mol. The second-order valence-corrected chi connectivity index (χ2v) is 6.24. The number of carbonyl (C=O) groups excluding carboxylic acids is 1. The second kappa shape index (κ2) is 6.26. The molecule has 0 radical (unpaired) electrons. The maximum Gasteiger partial charge on any atom is 0.411 e. The first kappa shape index (κ1) is 17.7. The monoisotopic (exact) mass is 273 g/mol. The van der Waals surface area contributed by atoms with Gasteiger partial charge in [-0.2, -0.15) is 0 Å². The molecule has 1 unspecified atom stereocenters. The minimum atomic E-state index is -1.27. The van der Waals surface area contributed by atoms with Crippen LogP contribution < -0.4 is 0 Å². The number of nitrogens with zero attached hydrogens (tertiary/aromatic N) is 1. The highest BCUT2D eigenvalue weighted by Gasteiger charge is 2.46. The molecule has 0 rings (SSSR count). The molecule has 0 fully saturated rings. The molecule has 112 valence electrons. The first-order valence-electron chi connectivity index (χ1n) is 6.70. The number of hydrogen-bond donors (Lipinski definition) is 1. The fourth-order valence-electron chi connectivity index (χ4n) is 1.73. The smallest absolute Gasteiger partial charge is 0.411 e. The van der Waals surface area contributed by atoms with Gasteiger partial charge in [0, 0.05) is 6.54 Å². The molecule has 0 aromatic heterocycles. The van der Waals surface area contributed by atoms with Crippen molar-refractivity contribution in [1.82, 2.24) is 4.90 Å². The Bertz CT molecular complexity index is 333. The van der Waals surface area contributed by atoms with E-state index >= 15 is 0 Å². The molecule has 0 aliphatic rings. The summed E-state index contributed by atoms with van der Waals surface area (Å²) in [4.78, 5) is 25.2. The van der Waals surface area contributed by atoms with Gasteiger partial charge in [-0.25, -0.2) is 9.59 Å². The zero-order chi connectivity index (χ0) is 15.4. The van der Waals surface area contributed by atoms with Gasteiger partial charge >= 0.3 is 12.1 Å². The number of carboxylic acid groups (broad SMARTS) is 1. The Labute approximate surface area is 115 Å². The predicted molar refractivity (Wildman–Crippen MR) is 74.1 cm³/mol. The summed E-state index contributed by atoms with van der Waals surface area (Å²) in [5.74, 6) is -1.23. The van der Waals surface area contributed by atoms with Crippen LogP contribution in [-0.2, 0) is 9.53 Å². The lowest BCUT2D eigenvalue weighted by Crippen LogP contribution is -2.59. The maximum atomic E-state index is 12.2. The normalized spacial score (nSPS) is 14.9. The van der Waals surface area contributed by atoms with Gasteiger partial charge in [-0.05, 0) is 40.0 Å². The van der Waals surface area contributed by atoms with Crippen LogP contribution >= 0.6 is 0 Å². The lowest BCUT2D eigenvalue weighted by atomic mass is 9.86. The van der Waals surface area contributed by atoms with E-state index in [9.17, 15) is 14.7 Å². The summed E-state index contributed by atoms with van der Waals surface area (Å²) in [7, 11) is 0. The van der Waals surface area contributed by atoms with Crippen LogP contribution in [0.3, 0.4) is 0 Å². The summed E-state index contributed by atoms with van der Waals surface area (Å²) in [6.45, 7) is 12.7. The summed E-state index contributed by atoms with van der Waals surface area (Å²) in [5.41, 5.74) is -1.90. The number of carbonyl (C=O) groups is 2. The summed E-state index contributed by atoms with van der Waals surface area (Å²) in [5, 5.41) is 9.50. The van der Waals surface area contributed by atoms with E-state index in [2.05, 4.69) is 0 Å². The zero-order valence-electron chi connectivity index (χ0n) is 13.1. The Morgan fingerprint density at radius 3 is 1.95 bits per heavy atom. The van der Waals surface area contributed by atoms with Crippen LogP contribution in [0.25, 0.3) is 0 Å². The number of aliphatic carboxylic acids is 1. The Morgan fingerprint density at radius 2 is 1.68 bits per heavy atom. The molecule has 5 nitrogen and oxygen atoms in total. The summed E-state index contributed by atoms with van der Waals surface area (Å²) >= 11 is 0. The molecule has 0 spiro atoms. The SMILES string of the molecule is CCCN(C(=O)OC(C)(C)C)C(C)(C(=O)O)C(C)C. The van der Waals surface area contributed by atoms with Crippen molar-refractivity contribution in [1.29, 1.82) is 0 Å². The minimum absolute atomic E-state index is 0.218. The van der Waals surface area contributed by atoms with Crippen molar-refractivity contribution >= 4 is 12.1 Å². The van der Waals surface area contributed by atoms with Crippen molar-refractivity contribution < 1.29 is 19.4 Å². The molecule has 0 aliphatic carbocycles. The van der Waals surface area contributed by atoms with Crippen molar-refractivity contribution in [2.24, 2.45) is 5.92 Å². The number of rotatable bonds is 5. The third-order valence-electron chi connectivity index (χ3n) is 3.18. The summed E-state index contributed by atoms with van der Waals surface area (Å²) in [6, 6.07) is 0. The van der Waals surface area contributed by atoms with Crippen LogP contribution in [-0.4, -0.2) is 39.8 Å². The number of hydrogen-bond acceptors (Lipinski definition) is 3. The number of ether oxygens (including phenoxy) is 1. The van der Waals surface area contributed by atoms with Gasteiger partial charge in [0.2, 0.25) is 0 Å². The maximum absolute atomic E-state index is 12.2. The Morgan fingerprint density at radius 1 is 1.21 bits per heavy atom. The first-order valence-corrected chi connectivity index (χ1v) is 6.70. The van der Waals surface area contributed by atoms with E-state index in [4.69, 9.17) is 4.74 Å². The van der Waals surface area contributed by atoms with Crippen LogP contribution in [0.4, 0.5) is 4.79 Å². The molecule has 0 aliphatic heterocycles. The Kier molecular flexibility index (Phi) is 5.84. The van der Waals surface area contributed by atoms with Crippen LogP contribution in [0.2, 0.25) is 0 Å². The van der Waals surface area contributed by atoms with Gasteiger partial charge in [-0.3, -0.25) is 4.90 Å². The molecule has 1 N–H and O–H groups in total. The van der Waals surface area contributed by atoms with Gasteiger partial charge in [0.1, 0.15) is 11.1 Å². The largest absolute Gasteiger partial charge is 0.479 e. The minimum Gasteiger partial charge on any atom is -0.479 e. The van der Waals surface area contributed by atoms with Gasteiger partial charge in [0.05, 0.1) is 0 Å². The van der Waals surface area contributed by atoms with Crippen LogP contribution in [0.1, 0.15) is 54.9 Å². The third kappa shape index (κ3) is 4.40. The standard InChI is InChI=1S/C14H27NO4/c1-8-9-15(12(18)19-13(4,5)6)14(7,10(2)3)11(16)17/h10H,8-9H2,1-7H3,(H,16,17). The van der Waals surface area contributed by atoms with E-state index in [0.29, 0.717) is 13.0 Å². The highest BCUT2D eigenvalue weighted by atomic mass is 16.6. The van der Waals surface area contributed by atoms with Crippen molar-refractivity contribution in [3.05, 3.63) is 0 Å². The first-order chi connectivity index (χ1) is 8.46. The highest BCUT2D eigenvalue weighted by Crippen LogP contribution is 2.27. The molecule has 1 amide bonds. The molecular formula is C14H27NO4. The second-order valence-electron chi connectivity index (χ2n) is 6.24. The van der Waals surface area contributed by atoms with Gasteiger partial charge in [-0.15, -0.1) is 0 Å². The van der Waals surface area contributed by atoms with Gasteiger partial charge in [0.25, 0.3) is 0 Å².